The first-order valence-corrected chi connectivity index (χ1v) is 15.6. The van der Waals surface area contributed by atoms with Gasteiger partial charge in [-0.1, -0.05) is 69.0 Å². The lowest BCUT2D eigenvalue weighted by Gasteiger charge is -2.65. The predicted molar refractivity (Wildman–Crippen MR) is 158 cm³/mol. The van der Waals surface area contributed by atoms with Crippen molar-refractivity contribution < 1.29 is 27.2 Å². The van der Waals surface area contributed by atoms with Gasteiger partial charge >= 0.3 is 6.61 Å². The minimum atomic E-state index is -2.88. The number of carbonyl (C=O) groups is 1. The van der Waals surface area contributed by atoms with Crippen LogP contribution < -0.4 is 9.64 Å². The predicted octanol–water partition coefficient (Wildman–Crippen LogP) is 8.76. The highest BCUT2D eigenvalue weighted by Gasteiger charge is 2.73. The van der Waals surface area contributed by atoms with Crippen LogP contribution in [-0.2, 0) is 10.2 Å². The Labute approximate surface area is 251 Å². The minimum Gasteiger partial charge on any atom is -0.435 e. The van der Waals surface area contributed by atoms with Crippen molar-refractivity contribution >= 4 is 11.6 Å². The van der Waals surface area contributed by atoms with Crippen molar-refractivity contribution in [2.24, 2.45) is 5.41 Å². The number of nitrogens with zero attached hydrogens (tertiary/aromatic N) is 3. The number of alkyl halides is 3. The zero-order valence-corrected chi connectivity index (χ0v) is 25.0. The molecule has 6 nitrogen and oxygen atoms in total. The standard InChI is InChI=1S/C34H40F3N3O3/c1-23(2)28-38-29(43-39-28)32(15-4-3-5-16-32)17-6-7-18-40(30(41)33-20-34(37,21-33)22-33)26-10-8-9-25(19-26)24-11-13-27(14-12-24)42-31(35)36/h8-14,19,23,31H,3-7,15-18,20-22H2,1-2H3. The van der Waals surface area contributed by atoms with Gasteiger partial charge in [-0.05, 0) is 80.3 Å². The molecule has 1 heterocycles. The quantitative estimate of drug-likeness (QED) is 0.196. The lowest BCUT2D eigenvalue weighted by Crippen LogP contribution is -2.70. The molecular weight excluding hydrogens is 555 g/mol. The molecule has 0 saturated heterocycles. The van der Waals surface area contributed by atoms with Crippen LogP contribution in [0.1, 0.15) is 102 Å². The molecule has 1 amide bonds. The smallest absolute Gasteiger partial charge is 0.387 e. The fourth-order valence-corrected chi connectivity index (χ4v) is 7.42. The van der Waals surface area contributed by atoms with Crippen molar-refractivity contribution in [2.45, 2.75) is 108 Å². The van der Waals surface area contributed by atoms with E-state index < -0.39 is 17.7 Å². The fraction of sp³-hybridized carbons (Fsp3) is 0.559. The van der Waals surface area contributed by atoms with Gasteiger partial charge in [0.15, 0.2) is 5.82 Å². The van der Waals surface area contributed by atoms with E-state index in [1.165, 1.54) is 18.6 Å². The number of carbonyl (C=O) groups excluding carboxylic acids is 1. The summed E-state index contributed by atoms with van der Waals surface area (Å²) in [5.74, 6) is 1.79. The molecule has 0 radical (unpaired) electrons. The number of ether oxygens (including phenoxy) is 1. The highest BCUT2D eigenvalue weighted by molar-refractivity contribution is 6.00. The minimum absolute atomic E-state index is 0.00397. The molecule has 4 aliphatic rings. The Kier molecular flexibility index (Phi) is 8.03. The number of unbranched alkanes of at least 4 members (excludes halogenated alkanes) is 1. The molecule has 0 N–H and O–H groups in total. The summed E-state index contributed by atoms with van der Waals surface area (Å²) in [6.07, 6.45) is 9.07. The zero-order valence-electron chi connectivity index (χ0n) is 25.0. The number of aromatic nitrogens is 2. The Hall–Kier alpha value is -3.36. The second kappa shape index (κ2) is 11.6. The molecular formula is C34H40F3N3O3. The lowest BCUT2D eigenvalue weighted by atomic mass is 9.42. The molecule has 4 aliphatic carbocycles. The molecule has 0 spiro atoms. The highest BCUT2D eigenvalue weighted by atomic mass is 19.3. The number of hydrogen-bond donors (Lipinski definition) is 0. The fourth-order valence-electron chi connectivity index (χ4n) is 7.42. The van der Waals surface area contributed by atoms with Gasteiger partial charge in [-0.2, -0.15) is 13.8 Å². The van der Waals surface area contributed by atoms with E-state index in [-0.39, 0.29) is 23.0 Å². The van der Waals surface area contributed by atoms with Gasteiger partial charge in [0.05, 0.1) is 5.41 Å². The average molecular weight is 596 g/mol. The Bertz CT molecular complexity index is 1410. The van der Waals surface area contributed by atoms with Crippen molar-refractivity contribution in [3.8, 4) is 16.9 Å². The maximum absolute atomic E-state index is 14.5. The molecule has 2 bridgehead atoms. The second-order valence-corrected chi connectivity index (χ2v) is 13.3. The van der Waals surface area contributed by atoms with Crippen molar-refractivity contribution in [1.82, 2.24) is 10.1 Å². The third-order valence-corrected chi connectivity index (χ3v) is 9.74. The van der Waals surface area contributed by atoms with Crippen LogP contribution in [-0.4, -0.2) is 34.9 Å². The third-order valence-electron chi connectivity index (χ3n) is 9.74. The monoisotopic (exact) mass is 595 g/mol. The van der Waals surface area contributed by atoms with Crippen molar-refractivity contribution in [3.63, 3.8) is 0 Å². The zero-order chi connectivity index (χ0) is 30.2. The molecule has 7 rings (SSSR count). The van der Waals surface area contributed by atoms with E-state index in [2.05, 4.69) is 23.7 Å². The van der Waals surface area contributed by atoms with E-state index in [0.717, 1.165) is 73.5 Å². The van der Waals surface area contributed by atoms with E-state index >= 15 is 0 Å². The van der Waals surface area contributed by atoms with Crippen LogP contribution in [0.2, 0.25) is 0 Å². The molecule has 3 aromatic rings. The van der Waals surface area contributed by atoms with E-state index in [9.17, 15) is 18.0 Å². The Morgan fingerprint density at radius 2 is 1.72 bits per heavy atom. The Balaban J connectivity index is 1.18. The summed E-state index contributed by atoms with van der Waals surface area (Å²) in [6.45, 7) is 1.78. The number of benzene rings is 2. The van der Waals surface area contributed by atoms with Crippen LogP contribution in [0.5, 0.6) is 5.75 Å². The van der Waals surface area contributed by atoms with Gasteiger partial charge in [-0.15, -0.1) is 0 Å². The molecule has 4 saturated carbocycles. The molecule has 1 aromatic heterocycles. The third kappa shape index (κ3) is 5.92. The second-order valence-electron chi connectivity index (χ2n) is 13.3. The first-order chi connectivity index (χ1) is 20.6. The maximum Gasteiger partial charge on any atom is 0.387 e. The average Bonchev–Trinajstić information content (AvgIpc) is 3.47. The van der Waals surface area contributed by atoms with Crippen LogP contribution in [0.4, 0.5) is 18.9 Å². The summed E-state index contributed by atoms with van der Waals surface area (Å²) >= 11 is 0. The molecule has 9 heteroatoms. The van der Waals surface area contributed by atoms with Gasteiger partial charge in [0, 0.05) is 23.6 Å². The van der Waals surface area contributed by atoms with E-state index in [4.69, 9.17) is 9.51 Å². The molecule has 0 unspecified atom stereocenters. The largest absolute Gasteiger partial charge is 0.435 e. The molecule has 43 heavy (non-hydrogen) atoms. The summed E-state index contributed by atoms with van der Waals surface area (Å²) in [6, 6.07) is 14.2. The molecule has 2 aromatic carbocycles. The molecule has 0 aliphatic heterocycles. The summed E-state index contributed by atoms with van der Waals surface area (Å²) in [5, 5.41) is 4.25. The van der Waals surface area contributed by atoms with Gasteiger partial charge in [-0.3, -0.25) is 4.79 Å². The molecule has 4 fully saturated rings. The van der Waals surface area contributed by atoms with Crippen LogP contribution in [0.3, 0.4) is 0 Å². The lowest BCUT2D eigenvalue weighted by molar-refractivity contribution is -0.211. The molecule has 230 valence electrons. The van der Waals surface area contributed by atoms with Crippen LogP contribution >= 0.6 is 0 Å². The van der Waals surface area contributed by atoms with Crippen LogP contribution in [0.25, 0.3) is 11.1 Å². The number of hydrogen-bond acceptors (Lipinski definition) is 5. The summed E-state index contributed by atoms with van der Waals surface area (Å²) in [4.78, 5) is 20.5. The molecule has 0 atom stereocenters. The first-order valence-electron chi connectivity index (χ1n) is 15.6. The van der Waals surface area contributed by atoms with E-state index in [1.54, 1.807) is 12.1 Å². The first kappa shape index (κ1) is 29.7. The summed E-state index contributed by atoms with van der Waals surface area (Å²) in [7, 11) is 0. The summed E-state index contributed by atoms with van der Waals surface area (Å²) < 4.78 is 49.9. The van der Waals surface area contributed by atoms with Gasteiger partial charge in [0.1, 0.15) is 11.4 Å². The van der Waals surface area contributed by atoms with E-state index in [0.29, 0.717) is 25.8 Å². The Morgan fingerprint density at radius 1 is 1.00 bits per heavy atom. The van der Waals surface area contributed by atoms with Gasteiger partial charge in [0.2, 0.25) is 11.8 Å². The summed E-state index contributed by atoms with van der Waals surface area (Å²) in [5.41, 5.74) is 0.555. The van der Waals surface area contributed by atoms with Gasteiger partial charge < -0.3 is 14.2 Å². The topological polar surface area (TPSA) is 68.5 Å². The maximum atomic E-state index is 14.5. The van der Waals surface area contributed by atoms with Crippen molar-refractivity contribution in [1.29, 1.82) is 0 Å². The number of rotatable bonds is 12. The van der Waals surface area contributed by atoms with E-state index in [1.807, 2.05) is 29.2 Å². The highest BCUT2D eigenvalue weighted by Crippen LogP contribution is 2.70. The van der Waals surface area contributed by atoms with Gasteiger partial charge in [0.25, 0.3) is 0 Å². The van der Waals surface area contributed by atoms with Crippen LogP contribution in [0.15, 0.2) is 53.1 Å². The van der Waals surface area contributed by atoms with Crippen LogP contribution in [0, 0.1) is 5.41 Å². The van der Waals surface area contributed by atoms with Crippen molar-refractivity contribution in [3.05, 3.63) is 60.2 Å². The van der Waals surface area contributed by atoms with Gasteiger partial charge in [-0.25, -0.2) is 4.39 Å². The SMILES string of the molecule is CC(C)c1noc(C2(CCCCN(C(=O)C34CC(F)(C3)C4)c3cccc(-c4ccc(OC(F)F)cc4)c3)CCCCC2)n1. The number of halogens is 3. The number of anilines is 1. The Morgan fingerprint density at radius 3 is 2.35 bits per heavy atom. The van der Waals surface area contributed by atoms with Crippen molar-refractivity contribution in [2.75, 3.05) is 11.4 Å². The number of amides is 1. The normalized spacial score (nSPS) is 24.0.